The maximum atomic E-state index is 9.17. The topological polar surface area (TPSA) is 27.0 Å². The standard InChI is InChI=1S/C44H80N2/c1-3-5-7-9-11-13-15-17-19-21-23-25-27-29-31-33-39-46(42-44-37-35-43(41-45)36-38-44)40-34-32-30-28-26-24-22-20-18-16-14-12-10-8-6-4-2/h35-38H,3-34,39-40,42H2,1-2H3. The molecule has 0 aliphatic heterocycles. The third-order valence-corrected chi connectivity index (χ3v) is 10.1. The molecule has 0 amide bonds. The van der Waals surface area contributed by atoms with Crippen LogP contribution in [0.25, 0.3) is 0 Å². The molecule has 0 saturated heterocycles. The zero-order chi connectivity index (χ0) is 33.0. The number of benzene rings is 1. The van der Waals surface area contributed by atoms with E-state index in [0.29, 0.717) is 0 Å². The summed E-state index contributed by atoms with van der Waals surface area (Å²) in [6, 6.07) is 10.5. The third-order valence-electron chi connectivity index (χ3n) is 10.1. The quantitative estimate of drug-likeness (QED) is 0.0685. The van der Waals surface area contributed by atoms with E-state index in [0.717, 1.165) is 12.1 Å². The van der Waals surface area contributed by atoms with Crippen LogP contribution in [0.2, 0.25) is 0 Å². The normalized spacial score (nSPS) is 11.4. The van der Waals surface area contributed by atoms with Crippen LogP contribution in [0.5, 0.6) is 0 Å². The number of rotatable bonds is 36. The van der Waals surface area contributed by atoms with E-state index < -0.39 is 0 Å². The van der Waals surface area contributed by atoms with Crippen molar-refractivity contribution in [2.45, 2.75) is 226 Å². The smallest absolute Gasteiger partial charge is 0.0991 e. The average Bonchev–Trinajstić information content (AvgIpc) is 3.08. The largest absolute Gasteiger partial charge is 0.299 e. The molecular formula is C44H80N2. The van der Waals surface area contributed by atoms with E-state index in [1.807, 2.05) is 12.1 Å². The summed E-state index contributed by atoms with van der Waals surface area (Å²) in [7, 11) is 0. The first kappa shape index (κ1) is 42.7. The van der Waals surface area contributed by atoms with Gasteiger partial charge in [-0.2, -0.15) is 5.26 Å². The summed E-state index contributed by atoms with van der Waals surface area (Å²) in [5, 5.41) is 9.17. The molecule has 0 heterocycles. The minimum Gasteiger partial charge on any atom is -0.299 e. The van der Waals surface area contributed by atoms with Gasteiger partial charge < -0.3 is 0 Å². The van der Waals surface area contributed by atoms with Crippen molar-refractivity contribution < 1.29 is 0 Å². The second-order valence-electron chi connectivity index (χ2n) is 14.7. The maximum absolute atomic E-state index is 9.17. The molecule has 2 nitrogen and oxygen atoms in total. The predicted octanol–water partition coefficient (Wildman–Crippen LogP) is 14.9. The lowest BCUT2D eigenvalue weighted by Gasteiger charge is -2.22. The van der Waals surface area contributed by atoms with Crippen LogP contribution in [0, 0.1) is 11.3 Å². The van der Waals surface area contributed by atoms with Crippen LogP contribution in [0.1, 0.15) is 230 Å². The molecule has 0 aromatic heterocycles. The molecule has 0 atom stereocenters. The number of nitriles is 1. The summed E-state index contributed by atoms with van der Waals surface area (Å²) in [6.07, 6.45) is 45.7. The van der Waals surface area contributed by atoms with E-state index in [4.69, 9.17) is 5.26 Å². The van der Waals surface area contributed by atoms with Crippen molar-refractivity contribution in [2.75, 3.05) is 13.1 Å². The molecule has 0 aliphatic carbocycles. The molecule has 0 saturated carbocycles. The molecule has 266 valence electrons. The molecule has 0 spiro atoms. The summed E-state index contributed by atoms with van der Waals surface area (Å²) < 4.78 is 0. The number of nitrogens with zero attached hydrogens (tertiary/aromatic N) is 2. The van der Waals surface area contributed by atoms with Gasteiger partial charge in [-0.25, -0.2) is 0 Å². The molecule has 0 bridgehead atoms. The molecule has 0 N–H and O–H groups in total. The maximum Gasteiger partial charge on any atom is 0.0991 e. The van der Waals surface area contributed by atoms with E-state index in [1.165, 1.54) is 224 Å². The van der Waals surface area contributed by atoms with Gasteiger partial charge >= 0.3 is 0 Å². The first-order chi connectivity index (χ1) is 22.8. The second kappa shape index (κ2) is 35.0. The van der Waals surface area contributed by atoms with Gasteiger partial charge in [0.05, 0.1) is 11.6 Å². The third kappa shape index (κ3) is 28.9. The Labute approximate surface area is 289 Å². The molecular weight excluding hydrogens is 556 g/mol. The Morgan fingerprint density at radius 1 is 0.391 bits per heavy atom. The highest BCUT2D eigenvalue weighted by Crippen LogP contribution is 2.17. The second-order valence-corrected chi connectivity index (χ2v) is 14.7. The number of hydrogen-bond donors (Lipinski definition) is 0. The van der Waals surface area contributed by atoms with Crippen molar-refractivity contribution in [3.63, 3.8) is 0 Å². The summed E-state index contributed by atoms with van der Waals surface area (Å²) in [4.78, 5) is 2.69. The van der Waals surface area contributed by atoms with E-state index in [9.17, 15) is 0 Å². The molecule has 0 unspecified atom stereocenters. The van der Waals surface area contributed by atoms with E-state index >= 15 is 0 Å². The molecule has 46 heavy (non-hydrogen) atoms. The monoisotopic (exact) mass is 637 g/mol. The van der Waals surface area contributed by atoms with Gasteiger partial charge in [-0.1, -0.05) is 219 Å². The van der Waals surface area contributed by atoms with Gasteiger partial charge in [0.1, 0.15) is 0 Å². The lowest BCUT2D eigenvalue weighted by Crippen LogP contribution is -2.25. The summed E-state index contributed by atoms with van der Waals surface area (Å²) in [6.45, 7) is 8.08. The van der Waals surface area contributed by atoms with Gasteiger partial charge in [0.25, 0.3) is 0 Å². The van der Waals surface area contributed by atoms with Crippen molar-refractivity contribution in [1.82, 2.24) is 4.90 Å². The molecule has 1 aromatic rings. The van der Waals surface area contributed by atoms with E-state index in [1.54, 1.807) is 0 Å². The van der Waals surface area contributed by atoms with Crippen LogP contribution in [0.15, 0.2) is 24.3 Å². The molecule has 1 aromatic carbocycles. The highest BCUT2D eigenvalue weighted by Gasteiger charge is 2.07. The number of unbranched alkanes of at least 4 members (excludes halogenated alkanes) is 30. The van der Waals surface area contributed by atoms with Crippen LogP contribution in [0.3, 0.4) is 0 Å². The molecule has 2 heteroatoms. The fourth-order valence-electron chi connectivity index (χ4n) is 6.98. The summed E-state index contributed by atoms with van der Waals surface area (Å²) in [5.74, 6) is 0. The van der Waals surface area contributed by atoms with E-state index in [-0.39, 0.29) is 0 Å². The molecule has 0 fully saturated rings. The highest BCUT2D eigenvalue weighted by molar-refractivity contribution is 5.31. The Kier molecular flexibility index (Phi) is 32.5. The SMILES string of the molecule is CCCCCCCCCCCCCCCCCCN(CCCCCCCCCCCCCCCCCC)Cc1ccc(C#N)cc1. The minimum absolute atomic E-state index is 0.769. The van der Waals surface area contributed by atoms with Crippen LogP contribution < -0.4 is 0 Å². The number of hydrogen-bond acceptors (Lipinski definition) is 2. The average molecular weight is 637 g/mol. The van der Waals surface area contributed by atoms with Gasteiger partial charge in [-0.3, -0.25) is 4.90 Å². The predicted molar refractivity (Wildman–Crippen MR) is 206 cm³/mol. The zero-order valence-corrected chi connectivity index (χ0v) is 31.5. The van der Waals surface area contributed by atoms with Crippen molar-refractivity contribution in [3.05, 3.63) is 35.4 Å². The van der Waals surface area contributed by atoms with Gasteiger partial charge in [-0.05, 0) is 43.6 Å². The first-order valence-electron chi connectivity index (χ1n) is 21.0. The highest BCUT2D eigenvalue weighted by atomic mass is 15.1. The summed E-state index contributed by atoms with van der Waals surface area (Å²) in [5.41, 5.74) is 2.12. The molecule has 0 radical (unpaired) electrons. The van der Waals surface area contributed by atoms with Crippen molar-refractivity contribution >= 4 is 0 Å². The van der Waals surface area contributed by atoms with Crippen LogP contribution in [0.4, 0.5) is 0 Å². The minimum atomic E-state index is 0.769. The lowest BCUT2D eigenvalue weighted by molar-refractivity contribution is 0.252. The van der Waals surface area contributed by atoms with Crippen LogP contribution in [-0.2, 0) is 6.54 Å². The molecule has 0 aliphatic rings. The molecule has 1 rings (SSSR count). The van der Waals surface area contributed by atoms with Gasteiger partial charge in [0, 0.05) is 6.54 Å². The fourth-order valence-corrected chi connectivity index (χ4v) is 6.98. The first-order valence-corrected chi connectivity index (χ1v) is 21.0. The lowest BCUT2D eigenvalue weighted by atomic mass is 10.0. The van der Waals surface area contributed by atoms with Gasteiger partial charge in [0.15, 0.2) is 0 Å². The van der Waals surface area contributed by atoms with Crippen molar-refractivity contribution in [2.24, 2.45) is 0 Å². The van der Waals surface area contributed by atoms with Crippen LogP contribution >= 0.6 is 0 Å². The Hall–Kier alpha value is -1.33. The Morgan fingerprint density at radius 2 is 0.652 bits per heavy atom. The Bertz CT molecular complexity index is 727. The summed E-state index contributed by atoms with van der Waals surface area (Å²) >= 11 is 0. The van der Waals surface area contributed by atoms with Crippen molar-refractivity contribution in [3.8, 4) is 6.07 Å². The fraction of sp³-hybridized carbons (Fsp3) is 0.841. The van der Waals surface area contributed by atoms with Crippen molar-refractivity contribution in [1.29, 1.82) is 5.26 Å². The Balaban J connectivity index is 2.07. The van der Waals surface area contributed by atoms with Gasteiger partial charge in [-0.15, -0.1) is 0 Å². The zero-order valence-electron chi connectivity index (χ0n) is 31.5. The Morgan fingerprint density at radius 3 is 0.913 bits per heavy atom. The van der Waals surface area contributed by atoms with Crippen LogP contribution in [-0.4, -0.2) is 18.0 Å². The van der Waals surface area contributed by atoms with E-state index in [2.05, 4.69) is 36.9 Å². The van der Waals surface area contributed by atoms with Gasteiger partial charge in [0.2, 0.25) is 0 Å².